The van der Waals surface area contributed by atoms with E-state index in [2.05, 4.69) is 15.3 Å². The molecule has 0 atom stereocenters. The minimum Gasteiger partial charge on any atom is -0.367 e. The van der Waals surface area contributed by atoms with Crippen molar-refractivity contribution in [3.63, 3.8) is 0 Å². The van der Waals surface area contributed by atoms with E-state index in [1.807, 2.05) is 25.3 Å². The molecule has 5 heteroatoms. The lowest BCUT2D eigenvalue weighted by Gasteiger charge is -2.17. The summed E-state index contributed by atoms with van der Waals surface area (Å²) in [6.07, 6.45) is 6.76. The molecule has 0 bridgehead atoms. The van der Waals surface area contributed by atoms with Gasteiger partial charge in [-0.1, -0.05) is 42.1 Å². The normalized spacial score (nSPS) is 15.4. The Morgan fingerprint density at radius 1 is 1.14 bits per heavy atom. The Kier molecular flexibility index (Phi) is 4.32. The summed E-state index contributed by atoms with van der Waals surface area (Å²) in [6, 6.07) is 5.99. The fourth-order valence-corrected chi connectivity index (χ4v) is 3.26. The molecular weight excluding hydrogens is 305 g/mol. The SMILES string of the molecule is Cc1ncc(-c2ccc(Cl)cc2Cl)c(NC2CCCC2)n1. The molecule has 0 spiro atoms. The summed E-state index contributed by atoms with van der Waals surface area (Å²) in [5, 5.41) is 4.79. The van der Waals surface area contributed by atoms with Gasteiger partial charge >= 0.3 is 0 Å². The summed E-state index contributed by atoms with van der Waals surface area (Å²) < 4.78 is 0. The van der Waals surface area contributed by atoms with Crippen molar-refractivity contribution >= 4 is 29.0 Å². The smallest absolute Gasteiger partial charge is 0.137 e. The molecule has 1 N–H and O–H groups in total. The molecule has 1 aliphatic carbocycles. The Hall–Kier alpha value is -1.32. The van der Waals surface area contributed by atoms with E-state index in [4.69, 9.17) is 23.2 Å². The zero-order valence-electron chi connectivity index (χ0n) is 11.9. The Morgan fingerprint density at radius 2 is 1.90 bits per heavy atom. The minimum absolute atomic E-state index is 0.490. The average molecular weight is 322 g/mol. The Balaban J connectivity index is 2.00. The lowest BCUT2D eigenvalue weighted by molar-refractivity contribution is 0.749. The maximum atomic E-state index is 6.32. The third-order valence-electron chi connectivity index (χ3n) is 3.83. The van der Waals surface area contributed by atoms with E-state index >= 15 is 0 Å². The number of hydrogen-bond donors (Lipinski definition) is 1. The van der Waals surface area contributed by atoms with Gasteiger partial charge in [-0.05, 0) is 31.9 Å². The summed E-state index contributed by atoms with van der Waals surface area (Å²) in [6.45, 7) is 1.90. The fraction of sp³-hybridized carbons (Fsp3) is 0.375. The van der Waals surface area contributed by atoms with Crippen molar-refractivity contribution in [3.8, 4) is 11.1 Å². The van der Waals surface area contributed by atoms with Crippen molar-refractivity contribution in [3.05, 3.63) is 40.3 Å². The van der Waals surface area contributed by atoms with E-state index in [0.717, 1.165) is 22.8 Å². The molecule has 1 aromatic carbocycles. The van der Waals surface area contributed by atoms with Gasteiger partial charge in [0.05, 0.1) is 5.02 Å². The molecule has 0 radical (unpaired) electrons. The second-order valence-corrected chi connectivity index (χ2v) is 6.27. The topological polar surface area (TPSA) is 37.8 Å². The lowest BCUT2D eigenvalue weighted by Crippen LogP contribution is -2.16. The Labute approximate surface area is 134 Å². The number of hydrogen-bond acceptors (Lipinski definition) is 3. The molecule has 2 aromatic rings. The van der Waals surface area contributed by atoms with Crippen LogP contribution in [0.25, 0.3) is 11.1 Å². The molecule has 1 heterocycles. The standard InChI is InChI=1S/C16H17Cl2N3/c1-10-19-9-14(13-7-6-11(17)8-15(13)18)16(20-10)21-12-4-2-3-5-12/h6-9,12H,2-5H2,1H3,(H,19,20,21). The molecule has 3 nitrogen and oxygen atoms in total. The highest BCUT2D eigenvalue weighted by Gasteiger charge is 2.18. The Morgan fingerprint density at radius 3 is 2.62 bits per heavy atom. The highest BCUT2D eigenvalue weighted by Crippen LogP contribution is 2.35. The number of anilines is 1. The Bertz CT molecular complexity index is 652. The van der Waals surface area contributed by atoms with Crippen molar-refractivity contribution in [1.82, 2.24) is 9.97 Å². The maximum Gasteiger partial charge on any atom is 0.137 e. The predicted octanol–water partition coefficient (Wildman–Crippen LogP) is 5.11. The monoisotopic (exact) mass is 321 g/mol. The second-order valence-electron chi connectivity index (χ2n) is 5.43. The number of nitrogens with zero attached hydrogens (tertiary/aromatic N) is 2. The number of rotatable bonds is 3. The van der Waals surface area contributed by atoms with Crippen molar-refractivity contribution < 1.29 is 0 Å². The van der Waals surface area contributed by atoms with Crippen LogP contribution in [-0.4, -0.2) is 16.0 Å². The van der Waals surface area contributed by atoms with Crippen molar-refractivity contribution in [2.24, 2.45) is 0 Å². The molecule has 0 aliphatic heterocycles. The van der Waals surface area contributed by atoms with Crippen LogP contribution in [0.15, 0.2) is 24.4 Å². The van der Waals surface area contributed by atoms with Crippen LogP contribution < -0.4 is 5.32 Å². The van der Waals surface area contributed by atoms with E-state index in [1.165, 1.54) is 25.7 Å². The van der Waals surface area contributed by atoms with E-state index in [1.54, 1.807) is 6.07 Å². The quantitative estimate of drug-likeness (QED) is 0.853. The first kappa shape index (κ1) is 14.6. The van der Waals surface area contributed by atoms with Crippen LogP contribution in [0, 0.1) is 6.92 Å². The van der Waals surface area contributed by atoms with Crippen LogP contribution in [0.4, 0.5) is 5.82 Å². The average Bonchev–Trinajstić information content (AvgIpc) is 2.93. The first-order chi connectivity index (χ1) is 10.1. The van der Waals surface area contributed by atoms with Crippen molar-refractivity contribution in [2.45, 2.75) is 38.6 Å². The molecule has 3 rings (SSSR count). The molecule has 0 saturated heterocycles. The first-order valence-corrected chi connectivity index (χ1v) is 7.94. The van der Waals surface area contributed by atoms with Crippen LogP contribution in [-0.2, 0) is 0 Å². The van der Waals surface area contributed by atoms with Crippen LogP contribution in [0.1, 0.15) is 31.5 Å². The van der Waals surface area contributed by atoms with Crippen LogP contribution in [0.5, 0.6) is 0 Å². The van der Waals surface area contributed by atoms with Gasteiger partial charge in [-0.2, -0.15) is 0 Å². The van der Waals surface area contributed by atoms with Crippen LogP contribution in [0.3, 0.4) is 0 Å². The molecule has 1 saturated carbocycles. The maximum absolute atomic E-state index is 6.32. The van der Waals surface area contributed by atoms with Gasteiger partial charge in [0, 0.05) is 28.4 Å². The lowest BCUT2D eigenvalue weighted by atomic mass is 10.1. The zero-order chi connectivity index (χ0) is 14.8. The molecule has 0 unspecified atom stereocenters. The van der Waals surface area contributed by atoms with Gasteiger partial charge in [-0.15, -0.1) is 0 Å². The third kappa shape index (κ3) is 3.30. The summed E-state index contributed by atoms with van der Waals surface area (Å²) in [7, 11) is 0. The van der Waals surface area contributed by atoms with Gasteiger partial charge in [0.25, 0.3) is 0 Å². The third-order valence-corrected chi connectivity index (χ3v) is 4.37. The minimum atomic E-state index is 0.490. The van der Waals surface area contributed by atoms with E-state index in [-0.39, 0.29) is 0 Å². The molecular formula is C16H17Cl2N3. The summed E-state index contributed by atoms with van der Waals surface area (Å²) >= 11 is 12.3. The first-order valence-electron chi connectivity index (χ1n) is 7.19. The van der Waals surface area contributed by atoms with Crippen LogP contribution >= 0.6 is 23.2 Å². The van der Waals surface area contributed by atoms with Gasteiger partial charge in [-0.3, -0.25) is 0 Å². The zero-order valence-corrected chi connectivity index (χ0v) is 13.4. The number of benzene rings is 1. The fourth-order valence-electron chi connectivity index (χ4n) is 2.75. The number of aromatic nitrogens is 2. The van der Waals surface area contributed by atoms with E-state index in [0.29, 0.717) is 16.1 Å². The van der Waals surface area contributed by atoms with Gasteiger partial charge in [-0.25, -0.2) is 9.97 Å². The van der Waals surface area contributed by atoms with E-state index in [9.17, 15) is 0 Å². The molecule has 110 valence electrons. The largest absolute Gasteiger partial charge is 0.367 e. The number of halogens is 2. The molecule has 1 aromatic heterocycles. The summed E-state index contributed by atoms with van der Waals surface area (Å²) in [5.41, 5.74) is 1.83. The molecule has 21 heavy (non-hydrogen) atoms. The van der Waals surface area contributed by atoms with Crippen molar-refractivity contribution in [1.29, 1.82) is 0 Å². The predicted molar refractivity (Wildman–Crippen MR) is 88.1 cm³/mol. The van der Waals surface area contributed by atoms with Crippen LogP contribution in [0.2, 0.25) is 10.0 Å². The van der Waals surface area contributed by atoms with Gasteiger partial charge in [0.1, 0.15) is 11.6 Å². The van der Waals surface area contributed by atoms with Gasteiger partial charge in [0.15, 0.2) is 0 Å². The molecule has 1 aliphatic rings. The van der Waals surface area contributed by atoms with Gasteiger partial charge in [0.2, 0.25) is 0 Å². The molecule has 0 amide bonds. The highest BCUT2D eigenvalue weighted by atomic mass is 35.5. The summed E-state index contributed by atoms with van der Waals surface area (Å²) in [5.74, 6) is 1.61. The number of nitrogens with one attached hydrogen (secondary N) is 1. The van der Waals surface area contributed by atoms with Crippen molar-refractivity contribution in [2.75, 3.05) is 5.32 Å². The molecule has 1 fully saturated rings. The summed E-state index contributed by atoms with van der Waals surface area (Å²) in [4.78, 5) is 8.87. The van der Waals surface area contributed by atoms with E-state index < -0.39 is 0 Å². The number of aryl methyl sites for hydroxylation is 1. The second kappa shape index (κ2) is 6.20. The highest BCUT2D eigenvalue weighted by molar-refractivity contribution is 6.36. The van der Waals surface area contributed by atoms with Gasteiger partial charge < -0.3 is 5.32 Å².